The summed E-state index contributed by atoms with van der Waals surface area (Å²) in [5, 5.41) is 0. The molecule has 0 aliphatic rings. The van der Waals surface area contributed by atoms with Crippen molar-refractivity contribution in [3.63, 3.8) is 0 Å². The molecule has 0 heterocycles. The minimum atomic E-state index is -6.74. The number of halogens is 6. The first-order chi connectivity index (χ1) is 6.66. The fourth-order valence-corrected chi connectivity index (χ4v) is 1.81. The van der Waals surface area contributed by atoms with E-state index in [-0.39, 0.29) is 0 Å². The van der Waals surface area contributed by atoms with E-state index in [9.17, 15) is 43.2 Å². The van der Waals surface area contributed by atoms with Gasteiger partial charge < -0.3 is 0 Å². The number of hydrogen-bond donors (Lipinski definition) is 0. The summed E-state index contributed by atoms with van der Waals surface area (Å²) in [4.78, 5) is 0. The zero-order valence-electron chi connectivity index (χ0n) is 6.53. The molecule has 0 radical (unpaired) electrons. The first-order valence-corrected chi connectivity index (χ1v) is 5.45. The molecule has 0 fully saturated rings. The van der Waals surface area contributed by atoms with Gasteiger partial charge >= 0.3 is 32.4 Å². The molecule has 14 heteroatoms. The molecule has 0 N–H and O–H groups in total. The van der Waals surface area contributed by atoms with E-state index < -0.39 is 32.4 Å². The lowest BCUT2D eigenvalue weighted by atomic mass is 11.4. The first-order valence-electron chi connectivity index (χ1n) is 2.71. The van der Waals surface area contributed by atoms with Gasteiger partial charge in [0.2, 0.25) is 0 Å². The maximum Gasteiger partial charge on any atom is 0.538 e. The third kappa shape index (κ3) is 4.95. The first kappa shape index (κ1) is 15.4. The van der Waals surface area contributed by atoms with Crippen molar-refractivity contribution in [3.05, 3.63) is 0 Å². The Labute approximate surface area is 84.2 Å². The molecule has 0 aromatic carbocycles. The average Bonchev–Trinajstić information content (AvgIpc) is 1.72. The van der Waals surface area contributed by atoms with Gasteiger partial charge in [-0.3, -0.25) is 0 Å². The number of hydrogen-bond acceptors (Lipinski definition) is 6. The molecule has 0 unspecified atom stereocenters. The molecule has 0 amide bonds. The van der Waals surface area contributed by atoms with Crippen LogP contribution in [0.1, 0.15) is 0 Å². The van der Waals surface area contributed by atoms with Crippen LogP contribution in [0.4, 0.5) is 26.3 Å². The van der Waals surface area contributed by atoms with Crippen LogP contribution in [-0.4, -0.2) is 28.7 Å². The van der Waals surface area contributed by atoms with Crippen LogP contribution in [0.3, 0.4) is 0 Å². The van der Waals surface area contributed by atoms with Gasteiger partial charge in [0.1, 0.15) is 0 Å². The van der Waals surface area contributed by atoms with E-state index in [0.717, 1.165) is 0 Å². The van der Waals surface area contributed by atoms with Crippen molar-refractivity contribution in [2.45, 2.75) is 11.9 Å². The van der Waals surface area contributed by atoms with Crippen molar-refractivity contribution in [1.29, 1.82) is 0 Å². The van der Waals surface area contributed by atoms with E-state index in [1.165, 1.54) is 0 Å². The lowest BCUT2D eigenvalue weighted by molar-refractivity contribution is -0.274. The molecule has 0 saturated heterocycles. The zero-order valence-corrected chi connectivity index (χ0v) is 8.17. The molecule has 0 rings (SSSR count). The summed E-state index contributed by atoms with van der Waals surface area (Å²) < 4.78 is 113. The van der Waals surface area contributed by atoms with Gasteiger partial charge in [-0.1, -0.05) is 0 Å². The Morgan fingerprint density at radius 1 is 0.812 bits per heavy atom. The summed E-state index contributed by atoms with van der Waals surface area (Å²) in [6.45, 7) is 0. The van der Waals surface area contributed by atoms with Crippen LogP contribution < -0.4 is 0 Å². The standard InChI is InChI=1S/C2F6O6S2/c3-1(4,5)13-16(11,12)14-15(9,10)2(6,7)8. The summed E-state index contributed by atoms with van der Waals surface area (Å²) in [6.07, 6.45) is -5.92. The Morgan fingerprint density at radius 3 is 1.44 bits per heavy atom. The fourth-order valence-electron chi connectivity index (χ4n) is 0.278. The molecule has 0 atom stereocenters. The molecule has 0 aromatic heterocycles. The topological polar surface area (TPSA) is 86.7 Å². The molecule has 6 nitrogen and oxygen atoms in total. The molecule has 16 heavy (non-hydrogen) atoms. The molecule has 0 bridgehead atoms. The number of alkyl halides is 6. The van der Waals surface area contributed by atoms with Gasteiger partial charge in [-0.15, -0.1) is 21.0 Å². The van der Waals surface area contributed by atoms with Crippen molar-refractivity contribution in [3.8, 4) is 0 Å². The van der Waals surface area contributed by atoms with Gasteiger partial charge in [0, 0.05) is 0 Å². The van der Waals surface area contributed by atoms with Crippen LogP contribution in [0.2, 0.25) is 0 Å². The highest BCUT2D eigenvalue weighted by Crippen LogP contribution is 2.28. The predicted molar refractivity (Wildman–Crippen MR) is 32.1 cm³/mol. The maximum absolute atomic E-state index is 11.5. The van der Waals surface area contributed by atoms with Crippen molar-refractivity contribution < 1.29 is 51.0 Å². The third-order valence-corrected chi connectivity index (χ3v) is 3.00. The third-order valence-electron chi connectivity index (χ3n) is 0.653. The summed E-state index contributed by atoms with van der Waals surface area (Å²) >= 11 is 0. The van der Waals surface area contributed by atoms with Gasteiger partial charge in [0.05, 0.1) is 0 Å². The van der Waals surface area contributed by atoms with E-state index >= 15 is 0 Å². The molecule has 0 aliphatic heterocycles. The van der Waals surface area contributed by atoms with Gasteiger partial charge in [-0.25, -0.2) is 0 Å². The lowest BCUT2D eigenvalue weighted by Gasteiger charge is -2.09. The van der Waals surface area contributed by atoms with Crippen molar-refractivity contribution in [2.75, 3.05) is 0 Å². The number of rotatable bonds is 3. The van der Waals surface area contributed by atoms with Gasteiger partial charge in [-0.05, 0) is 0 Å². The Balaban J connectivity index is 5.03. The van der Waals surface area contributed by atoms with E-state index in [0.29, 0.717) is 0 Å². The molecular formula is C2F6O6S2. The highest BCUT2D eigenvalue weighted by molar-refractivity contribution is 7.98. The zero-order chi connectivity index (χ0) is 13.4. The second-order valence-electron chi connectivity index (χ2n) is 1.91. The fraction of sp³-hybridized carbons (Fsp3) is 1.00. The van der Waals surface area contributed by atoms with Gasteiger partial charge in [0.25, 0.3) is 0 Å². The van der Waals surface area contributed by atoms with Crippen LogP contribution in [0.15, 0.2) is 0 Å². The van der Waals surface area contributed by atoms with Gasteiger partial charge in [0.15, 0.2) is 0 Å². The lowest BCUT2D eigenvalue weighted by Crippen LogP contribution is -2.31. The molecular weight excluding hydrogens is 298 g/mol. The van der Waals surface area contributed by atoms with E-state index in [1.807, 2.05) is 4.18 Å². The normalized spacial score (nSPS) is 15.1. The Kier molecular flexibility index (Phi) is 3.86. The Hall–Kier alpha value is -0.600. The second-order valence-corrected chi connectivity index (χ2v) is 4.80. The Bertz CT molecular complexity index is 438. The van der Waals surface area contributed by atoms with Crippen LogP contribution in [0, 0.1) is 0 Å². The van der Waals surface area contributed by atoms with Crippen LogP contribution in [0.25, 0.3) is 0 Å². The van der Waals surface area contributed by atoms with E-state index in [2.05, 4.69) is 3.63 Å². The molecule has 0 saturated carbocycles. The van der Waals surface area contributed by atoms with E-state index in [4.69, 9.17) is 0 Å². The van der Waals surface area contributed by atoms with Crippen LogP contribution in [-0.2, 0) is 28.3 Å². The van der Waals surface area contributed by atoms with E-state index in [1.54, 1.807) is 0 Å². The quantitative estimate of drug-likeness (QED) is 0.561. The molecule has 0 aromatic rings. The minimum absolute atomic E-state index is 2.03. The molecule has 0 aliphatic carbocycles. The average molecular weight is 298 g/mol. The van der Waals surface area contributed by atoms with Crippen molar-refractivity contribution >= 4 is 20.5 Å². The summed E-state index contributed by atoms with van der Waals surface area (Å²) in [5.74, 6) is 0. The molecule has 98 valence electrons. The summed E-state index contributed by atoms with van der Waals surface area (Å²) in [5.41, 5.74) is -6.20. The highest BCUT2D eigenvalue weighted by Gasteiger charge is 2.52. The monoisotopic (exact) mass is 298 g/mol. The highest BCUT2D eigenvalue weighted by atomic mass is 32.3. The van der Waals surface area contributed by atoms with Crippen molar-refractivity contribution in [2.24, 2.45) is 0 Å². The van der Waals surface area contributed by atoms with Crippen molar-refractivity contribution in [1.82, 2.24) is 0 Å². The molecule has 0 spiro atoms. The predicted octanol–water partition coefficient (Wildman–Crippen LogP) is 0.634. The maximum atomic E-state index is 11.5. The smallest absolute Gasteiger partial charge is 0.188 e. The van der Waals surface area contributed by atoms with Crippen LogP contribution in [0.5, 0.6) is 0 Å². The largest absolute Gasteiger partial charge is 0.538 e. The summed E-state index contributed by atoms with van der Waals surface area (Å²) in [7, 11) is -13.2. The van der Waals surface area contributed by atoms with Gasteiger partial charge in [-0.2, -0.15) is 30.0 Å². The Morgan fingerprint density at radius 2 is 1.19 bits per heavy atom. The van der Waals surface area contributed by atoms with Crippen LogP contribution >= 0.6 is 0 Å². The summed E-state index contributed by atoms with van der Waals surface area (Å²) in [6, 6.07) is 0. The SMILES string of the molecule is O=S(=O)(OC(F)(F)F)OS(=O)(=O)C(F)(F)F. The minimum Gasteiger partial charge on any atom is -0.188 e. The second kappa shape index (κ2) is 4.01.